The van der Waals surface area contributed by atoms with E-state index in [9.17, 15) is 9.90 Å². The molecule has 2 N–H and O–H groups in total. The van der Waals surface area contributed by atoms with E-state index in [1.54, 1.807) is 12.1 Å². The molecule has 1 aromatic carbocycles. The molecule has 20 heavy (non-hydrogen) atoms. The van der Waals surface area contributed by atoms with Crippen LogP contribution in [-0.2, 0) is 4.79 Å². The maximum absolute atomic E-state index is 12.1. The lowest BCUT2D eigenvalue weighted by atomic mass is 9.90. The Morgan fingerprint density at radius 3 is 2.75 bits per heavy atom. The SMILES string of the molecule is O=C(C[C@H](c1ccc(O)cc1)C1CC1)Nc1cnoc1. The minimum absolute atomic E-state index is 0.0434. The van der Waals surface area contributed by atoms with Gasteiger partial charge in [-0.1, -0.05) is 17.3 Å². The second kappa shape index (κ2) is 5.36. The highest BCUT2D eigenvalue weighted by atomic mass is 16.5. The third-order valence-electron chi connectivity index (χ3n) is 3.63. The third-order valence-corrected chi connectivity index (χ3v) is 3.63. The van der Waals surface area contributed by atoms with Gasteiger partial charge in [0.2, 0.25) is 5.91 Å². The van der Waals surface area contributed by atoms with Gasteiger partial charge in [-0.25, -0.2) is 0 Å². The van der Waals surface area contributed by atoms with Gasteiger partial charge < -0.3 is 14.9 Å². The third kappa shape index (κ3) is 2.99. The van der Waals surface area contributed by atoms with E-state index in [0.717, 1.165) is 18.4 Å². The van der Waals surface area contributed by atoms with Gasteiger partial charge in [-0.2, -0.15) is 0 Å². The lowest BCUT2D eigenvalue weighted by molar-refractivity contribution is -0.116. The second-order valence-corrected chi connectivity index (χ2v) is 5.20. The molecule has 1 amide bonds. The number of amides is 1. The van der Waals surface area contributed by atoms with Crippen LogP contribution in [-0.4, -0.2) is 16.2 Å². The molecule has 2 aromatic rings. The van der Waals surface area contributed by atoms with Gasteiger partial charge in [-0.3, -0.25) is 4.79 Å². The first kappa shape index (κ1) is 12.7. The maximum atomic E-state index is 12.1. The van der Waals surface area contributed by atoms with Gasteiger partial charge in [0, 0.05) is 6.42 Å². The monoisotopic (exact) mass is 272 g/mol. The van der Waals surface area contributed by atoms with Crippen molar-refractivity contribution in [2.45, 2.75) is 25.2 Å². The van der Waals surface area contributed by atoms with Gasteiger partial charge in [0.05, 0.1) is 6.20 Å². The Kier molecular flexibility index (Phi) is 3.41. The number of anilines is 1. The number of hydrogen-bond donors (Lipinski definition) is 2. The van der Waals surface area contributed by atoms with Crippen molar-refractivity contribution < 1.29 is 14.4 Å². The summed E-state index contributed by atoms with van der Waals surface area (Å²) in [5, 5.41) is 15.7. The molecule has 1 aliphatic rings. The van der Waals surface area contributed by atoms with Crippen LogP contribution in [0.2, 0.25) is 0 Å². The first-order chi connectivity index (χ1) is 9.72. The van der Waals surface area contributed by atoms with Crippen molar-refractivity contribution in [2.24, 2.45) is 5.92 Å². The highest BCUT2D eigenvalue weighted by molar-refractivity contribution is 5.90. The van der Waals surface area contributed by atoms with Gasteiger partial charge in [0.15, 0.2) is 0 Å². The van der Waals surface area contributed by atoms with Gasteiger partial charge in [-0.15, -0.1) is 0 Å². The quantitative estimate of drug-likeness (QED) is 0.877. The van der Waals surface area contributed by atoms with Crippen molar-refractivity contribution in [2.75, 3.05) is 5.32 Å². The topological polar surface area (TPSA) is 75.4 Å². The van der Waals surface area contributed by atoms with Crippen LogP contribution in [0.1, 0.15) is 30.7 Å². The Balaban J connectivity index is 1.68. The summed E-state index contributed by atoms with van der Waals surface area (Å²) >= 11 is 0. The molecule has 1 heterocycles. The number of aromatic hydroxyl groups is 1. The lowest BCUT2D eigenvalue weighted by Crippen LogP contribution is -2.16. The zero-order valence-electron chi connectivity index (χ0n) is 11.0. The van der Waals surface area contributed by atoms with E-state index in [4.69, 9.17) is 0 Å². The molecular weight excluding hydrogens is 256 g/mol. The zero-order valence-corrected chi connectivity index (χ0v) is 11.0. The lowest BCUT2D eigenvalue weighted by Gasteiger charge is -2.16. The number of phenols is 1. The fourth-order valence-electron chi connectivity index (χ4n) is 2.46. The fourth-order valence-corrected chi connectivity index (χ4v) is 2.46. The minimum Gasteiger partial charge on any atom is -0.508 e. The van der Waals surface area contributed by atoms with Crippen molar-refractivity contribution >= 4 is 11.6 Å². The molecule has 1 fully saturated rings. The number of nitrogens with zero attached hydrogens (tertiary/aromatic N) is 1. The van der Waals surface area contributed by atoms with E-state index in [1.165, 1.54) is 12.5 Å². The summed E-state index contributed by atoms with van der Waals surface area (Å²) in [5.74, 6) is 0.971. The van der Waals surface area contributed by atoms with Gasteiger partial charge >= 0.3 is 0 Å². The highest BCUT2D eigenvalue weighted by Crippen LogP contribution is 2.44. The largest absolute Gasteiger partial charge is 0.508 e. The molecule has 1 atom stereocenters. The van der Waals surface area contributed by atoms with Crippen LogP contribution in [0.4, 0.5) is 5.69 Å². The van der Waals surface area contributed by atoms with Crippen LogP contribution in [0.5, 0.6) is 5.75 Å². The first-order valence-electron chi connectivity index (χ1n) is 6.70. The molecular formula is C15H16N2O3. The van der Waals surface area contributed by atoms with Crippen LogP contribution >= 0.6 is 0 Å². The number of hydrogen-bond acceptors (Lipinski definition) is 4. The van der Waals surface area contributed by atoms with Gasteiger partial charge in [0.25, 0.3) is 0 Å². The number of phenolic OH excluding ortho intramolecular Hbond substituents is 1. The summed E-state index contributed by atoms with van der Waals surface area (Å²) in [6.45, 7) is 0. The molecule has 0 spiro atoms. The molecule has 104 valence electrons. The molecule has 0 saturated heterocycles. The van der Waals surface area contributed by atoms with E-state index in [2.05, 4.69) is 15.0 Å². The van der Waals surface area contributed by atoms with E-state index >= 15 is 0 Å². The van der Waals surface area contributed by atoms with Crippen LogP contribution in [0.15, 0.2) is 41.2 Å². The van der Waals surface area contributed by atoms with Crippen molar-refractivity contribution in [1.82, 2.24) is 5.16 Å². The summed E-state index contributed by atoms with van der Waals surface area (Å²) in [7, 11) is 0. The molecule has 1 aliphatic carbocycles. The molecule has 1 saturated carbocycles. The number of carbonyl (C=O) groups excluding carboxylic acids is 1. The average molecular weight is 272 g/mol. The first-order valence-corrected chi connectivity index (χ1v) is 6.70. The summed E-state index contributed by atoms with van der Waals surface area (Å²) < 4.78 is 4.69. The van der Waals surface area contributed by atoms with Crippen molar-refractivity contribution in [3.63, 3.8) is 0 Å². The van der Waals surface area contributed by atoms with E-state index in [-0.39, 0.29) is 17.6 Å². The normalized spacial score (nSPS) is 15.8. The second-order valence-electron chi connectivity index (χ2n) is 5.20. The molecule has 0 unspecified atom stereocenters. The molecule has 1 aromatic heterocycles. The Hall–Kier alpha value is -2.30. The molecule has 0 aliphatic heterocycles. The number of aromatic nitrogens is 1. The smallest absolute Gasteiger partial charge is 0.225 e. The zero-order chi connectivity index (χ0) is 13.9. The Labute approximate surface area is 116 Å². The van der Waals surface area contributed by atoms with Gasteiger partial charge in [0.1, 0.15) is 17.7 Å². The summed E-state index contributed by atoms with van der Waals surface area (Å²) in [6.07, 6.45) is 5.63. The Morgan fingerprint density at radius 2 is 2.15 bits per heavy atom. The van der Waals surface area contributed by atoms with Crippen LogP contribution in [0, 0.1) is 5.92 Å². The highest BCUT2D eigenvalue weighted by Gasteiger charge is 2.33. The standard InChI is InChI=1S/C15H16N2O3/c18-13-5-3-11(4-6-13)14(10-1-2-10)7-15(19)17-12-8-16-20-9-12/h3-6,8-10,14,18H,1-2,7H2,(H,17,19)/t14-/m0/s1. The van der Waals surface area contributed by atoms with E-state index in [0.29, 0.717) is 18.0 Å². The van der Waals surface area contributed by atoms with Crippen molar-refractivity contribution in [3.8, 4) is 5.75 Å². The maximum Gasteiger partial charge on any atom is 0.225 e. The molecule has 0 bridgehead atoms. The summed E-state index contributed by atoms with van der Waals surface area (Å²) in [5.41, 5.74) is 1.68. The Bertz CT molecular complexity index is 574. The number of rotatable bonds is 5. The van der Waals surface area contributed by atoms with Crippen molar-refractivity contribution in [3.05, 3.63) is 42.3 Å². The van der Waals surface area contributed by atoms with Crippen LogP contribution in [0.3, 0.4) is 0 Å². The van der Waals surface area contributed by atoms with E-state index < -0.39 is 0 Å². The molecule has 3 rings (SSSR count). The summed E-state index contributed by atoms with van der Waals surface area (Å²) in [6, 6.07) is 7.13. The summed E-state index contributed by atoms with van der Waals surface area (Å²) in [4.78, 5) is 12.1. The minimum atomic E-state index is -0.0434. The number of carbonyl (C=O) groups is 1. The van der Waals surface area contributed by atoms with E-state index in [1.807, 2.05) is 12.1 Å². The van der Waals surface area contributed by atoms with Crippen LogP contribution in [0.25, 0.3) is 0 Å². The molecule has 5 heteroatoms. The molecule has 0 radical (unpaired) electrons. The fraction of sp³-hybridized carbons (Fsp3) is 0.333. The van der Waals surface area contributed by atoms with Crippen molar-refractivity contribution in [1.29, 1.82) is 0 Å². The average Bonchev–Trinajstić information content (AvgIpc) is 3.16. The Morgan fingerprint density at radius 1 is 1.40 bits per heavy atom. The van der Waals surface area contributed by atoms with Gasteiger partial charge in [-0.05, 0) is 42.4 Å². The van der Waals surface area contributed by atoms with Crippen LogP contribution < -0.4 is 5.32 Å². The number of nitrogens with one attached hydrogen (secondary N) is 1. The number of benzene rings is 1. The predicted molar refractivity (Wildman–Crippen MR) is 73.3 cm³/mol. The predicted octanol–water partition coefficient (Wildman–Crippen LogP) is 2.90. The molecule has 5 nitrogen and oxygen atoms in total.